The predicted octanol–water partition coefficient (Wildman–Crippen LogP) is 3.59. The van der Waals surface area contributed by atoms with Gasteiger partial charge in [0, 0.05) is 19.6 Å². The molecule has 0 atom stereocenters. The van der Waals surface area contributed by atoms with E-state index in [1.807, 2.05) is 26.8 Å². The number of hydrogen-bond acceptors (Lipinski definition) is 4. The molecule has 0 unspecified atom stereocenters. The molecule has 0 amide bonds. The Morgan fingerprint density at radius 3 is 2.27 bits per heavy atom. The van der Waals surface area contributed by atoms with Gasteiger partial charge in [-0.3, -0.25) is 0 Å². The zero-order valence-corrected chi connectivity index (χ0v) is 14.4. The smallest absolute Gasteiger partial charge is 0.181 e. The van der Waals surface area contributed by atoms with E-state index in [0.29, 0.717) is 18.1 Å². The van der Waals surface area contributed by atoms with Crippen molar-refractivity contribution in [3.05, 3.63) is 42.0 Å². The van der Waals surface area contributed by atoms with Crippen molar-refractivity contribution in [2.24, 2.45) is 0 Å². The van der Waals surface area contributed by atoms with Gasteiger partial charge in [0.05, 0.1) is 10.6 Å². The first-order valence-corrected chi connectivity index (χ1v) is 9.31. The summed E-state index contributed by atoms with van der Waals surface area (Å²) < 4.78 is 35.3. The van der Waals surface area contributed by atoms with Gasteiger partial charge in [0.15, 0.2) is 16.1 Å². The average molecular weight is 326 g/mol. The van der Waals surface area contributed by atoms with E-state index < -0.39 is 9.84 Å². The first kappa shape index (κ1) is 18.9. The summed E-state index contributed by atoms with van der Waals surface area (Å²) in [6.07, 6.45) is 3.05. The first-order valence-electron chi connectivity index (χ1n) is 7.66. The van der Waals surface area contributed by atoms with Crippen LogP contribution in [-0.4, -0.2) is 33.7 Å². The van der Waals surface area contributed by atoms with Gasteiger partial charge in [-0.05, 0) is 39.3 Å². The van der Waals surface area contributed by atoms with Crippen molar-refractivity contribution < 1.29 is 17.9 Å². The molecule has 0 radical (unpaired) electrons. The second-order valence-electron chi connectivity index (χ2n) is 5.02. The average Bonchev–Trinajstić information content (AvgIpc) is 2.52. The molecule has 1 aromatic carbocycles. The molecule has 124 valence electrons. The fourth-order valence-corrected chi connectivity index (χ4v) is 3.28. The van der Waals surface area contributed by atoms with Crippen LogP contribution in [0.25, 0.3) is 0 Å². The molecule has 0 aromatic heterocycles. The third kappa shape index (κ3) is 6.73. The fraction of sp³-hybridized carbons (Fsp3) is 0.529. The quantitative estimate of drug-likeness (QED) is 0.487. The Morgan fingerprint density at radius 1 is 1.14 bits per heavy atom. The monoisotopic (exact) mass is 326 g/mol. The van der Waals surface area contributed by atoms with Crippen LogP contribution in [0.4, 0.5) is 0 Å². The molecule has 0 fully saturated rings. The van der Waals surface area contributed by atoms with E-state index in [-0.39, 0.29) is 12.0 Å². The number of sulfone groups is 1. The summed E-state index contributed by atoms with van der Waals surface area (Å²) in [4.78, 5) is 0.362. The van der Waals surface area contributed by atoms with Gasteiger partial charge in [0.2, 0.25) is 0 Å². The third-order valence-electron chi connectivity index (χ3n) is 3.23. The van der Waals surface area contributed by atoms with Crippen molar-refractivity contribution in [2.75, 3.05) is 19.0 Å². The molecule has 0 saturated carbocycles. The van der Waals surface area contributed by atoms with Crippen molar-refractivity contribution in [1.29, 1.82) is 0 Å². The number of hydrogen-bond donors (Lipinski definition) is 0. The highest BCUT2D eigenvalue weighted by Gasteiger charge is 2.12. The lowest BCUT2D eigenvalue weighted by Crippen LogP contribution is -2.17. The molecule has 0 aliphatic heterocycles. The van der Waals surface area contributed by atoms with Crippen molar-refractivity contribution in [2.45, 2.75) is 44.8 Å². The minimum atomic E-state index is -3.25. The van der Waals surface area contributed by atoms with Gasteiger partial charge in [0.25, 0.3) is 0 Å². The molecular weight excluding hydrogens is 300 g/mol. The maximum atomic E-state index is 12.2. The third-order valence-corrected chi connectivity index (χ3v) is 4.83. The van der Waals surface area contributed by atoms with Gasteiger partial charge in [-0.15, -0.1) is 0 Å². The van der Waals surface area contributed by atoms with Gasteiger partial charge < -0.3 is 9.47 Å². The molecule has 0 saturated heterocycles. The molecule has 5 heteroatoms. The van der Waals surface area contributed by atoms with E-state index in [0.717, 1.165) is 18.4 Å². The van der Waals surface area contributed by atoms with Gasteiger partial charge in [-0.2, -0.15) is 0 Å². The molecule has 0 bridgehead atoms. The Labute approximate surface area is 134 Å². The molecule has 4 nitrogen and oxygen atoms in total. The Kier molecular flexibility index (Phi) is 8.38. The second kappa shape index (κ2) is 9.77. The largest absolute Gasteiger partial charge is 0.353 e. The Balaban J connectivity index is 2.55. The predicted molar refractivity (Wildman–Crippen MR) is 88.5 cm³/mol. The molecule has 22 heavy (non-hydrogen) atoms. The number of rotatable bonds is 10. The Bertz CT molecular complexity index is 543. The summed E-state index contributed by atoms with van der Waals surface area (Å²) in [7, 11) is -3.25. The van der Waals surface area contributed by atoms with Crippen LogP contribution in [-0.2, 0) is 19.3 Å². The summed E-state index contributed by atoms with van der Waals surface area (Å²) in [5, 5.41) is 0. The van der Waals surface area contributed by atoms with Crippen LogP contribution in [0.2, 0.25) is 0 Å². The number of benzene rings is 1. The van der Waals surface area contributed by atoms with Crippen molar-refractivity contribution in [3.8, 4) is 0 Å². The molecule has 1 aromatic rings. The van der Waals surface area contributed by atoms with Crippen LogP contribution >= 0.6 is 0 Å². The molecule has 1 rings (SSSR count). The lowest BCUT2D eigenvalue weighted by Gasteiger charge is -2.16. The summed E-state index contributed by atoms with van der Waals surface area (Å²) in [6, 6.07) is 8.52. The van der Waals surface area contributed by atoms with Gasteiger partial charge >= 0.3 is 0 Å². The fourth-order valence-electron chi connectivity index (χ4n) is 2.01. The Morgan fingerprint density at radius 2 is 1.73 bits per heavy atom. The zero-order valence-electron chi connectivity index (χ0n) is 13.6. The maximum Gasteiger partial charge on any atom is 0.181 e. The summed E-state index contributed by atoms with van der Waals surface area (Å²) in [5.41, 5.74) is 1.03. The van der Waals surface area contributed by atoms with Crippen LogP contribution in [0, 0.1) is 0 Å². The molecule has 0 aliphatic carbocycles. The highest BCUT2D eigenvalue weighted by atomic mass is 32.2. The maximum absolute atomic E-state index is 12.2. The molecule has 0 spiro atoms. The molecule has 0 N–H and O–H groups in total. The minimum absolute atomic E-state index is 0.0246. The lowest BCUT2D eigenvalue weighted by molar-refractivity contribution is -0.139. The van der Waals surface area contributed by atoms with Crippen LogP contribution in [0.3, 0.4) is 0 Å². The molecular formula is C17H26O4S. The van der Waals surface area contributed by atoms with Crippen LogP contribution in [0.1, 0.15) is 33.6 Å². The van der Waals surface area contributed by atoms with Crippen LogP contribution < -0.4 is 0 Å². The highest BCUT2D eigenvalue weighted by molar-refractivity contribution is 7.91. The van der Waals surface area contributed by atoms with E-state index in [1.165, 1.54) is 0 Å². The van der Waals surface area contributed by atoms with Crippen molar-refractivity contribution in [3.63, 3.8) is 0 Å². The molecule has 0 heterocycles. The highest BCUT2D eigenvalue weighted by Crippen LogP contribution is 2.14. The van der Waals surface area contributed by atoms with Crippen molar-refractivity contribution >= 4 is 9.84 Å². The van der Waals surface area contributed by atoms with E-state index in [1.54, 1.807) is 30.3 Å². The summed E-state index contributed by atoms with van der Waals surface area (Å²) >= 11 is 0. The van der Waals surface area contributed by atoms with E-state index >= 15 is 0 Å². The van der Waals surface area contributed by atoms with Gasteiger partial charge in [0.1, 0.15) is 0 Å². The summed E-state index contributed by atoms with van der Waals surface area (Å²) in [6.45, 7) is 7.02. The van der Waals surface area contributed by atoms with Crippen LogP contribution in [0.5, 0.6) is 0 Å². The SMILES string of the molecule is CCOC(CC/C(C)=C/CS(=O)(=O)c1ccccc1)OCC. The van der Waals surface area contributed by atoms with E-state index in [4.69, 9.17) is 9.47 Å². The summed E-state index contributed by atoms with van der Waals surface area (Å²) in [5.74, 6) is 0.0246. The minimum Gasteiger partial charge on any atom is -0.353 e. The first-order chi connectivity index (χ1) is 10.5. The van der Waals surface area contributed by atoms with E-state index in [2.05, 4.69) is 0 Å². The second-order valence-corrected chi connectivity index (χ2v) is 7.06. The zero-order chi connectivity index (χ0) is 16.4. The van der Waals surface area contributed by atoms with Crippen molar-refractivity contribution in [1.82, 2.24) is 0 Å². The normalized spacial score (nSPS) is 12.8. The van der Waals surface area contributed by atoms with Gasteiger partial charge in [-0.25, -0.2) is 8.42 Å². The Hall–Kier alpha value is -1.17. The van der Waals surface area contributed by atoms with E-state index in [9.17, 15) is 8.42 Å². The number of allylic oxidation sites excluding steroid dienone is 1. The van der Waals surface area contributed by atoms with Gasteiger partial charge in [-0.1, -0.05) is 29.8 Å². The lowest BCUT2D eigenvalue weighted by atomic mass is 10.1. The number of ether oxygens (including phenoxy) is 2. The topological polar surface area (TPSA) is 52.6 Å². The standard InChI is InChI=1S/C17H26O4S/c1-4-20-17(21-5-2)12-11-15(3)13-14-22(18,19)16-9-7-6-8-10-16/h6-10,13,17H,4-5,11-12,14H2,1-3H3/b15-13+. The molecule has 0 aliphatic rings. The van der Waals surface area contributed by atoms with Crippen LogP contribution in [0.15, 0.2) is 46.9 Å².